The maximum absolute atomic E-state index is 13.6. The van der Waals surface area contributed by atoms with Crippen LogP contribution in [0.5, 0.6) is 0 Å². The molecular weight excluding hydrogens is 243 g/mol. The number of carboxylic acids is 1. The van der Waals surface area contributed by atoms with Gasteiger partial charge in [0.2, 0.25) is 0 Å². The zero-order valence-electron chi connectivity index (χ0n) is 11.0. The number of benzene rings is 1. The number of carboxylic acid groups (broad SMARTS) is 1. The smallest absolute Gasteiger partial charge is 0.303 e. The average Bonchev–Trinajstić information content (AvgIpc) is 2.84. The van der Waals surface area contributed by atoms with Crippen molar-refractivity contribution in [3.8, 4) is 0 Å². The topological polar surface area (TPSA) is 37.3 Å². The lowest BCUT2D eigenvalue weighted by atomic mass is 9.61. The number of aliphatic carboxylic acids is 1. The molecule has 1 aromatic rings. The van der Waals surface area contributed by atoms with Crippen molar-refractivity contribution >= 4 is 5.97 Å². The van der Waals surface area contributed by atoms with Crippen molar-refractivity contribution in [1.82, 2.24) is 0 Å². The molecule has 1 atom stereocenters. The Morgan fingerprint density at radius 2 is 2.11 bits per heavy atom. The summed E-state index contributed by atoms with van der Waals surface area (Å²) in [5, 5.41) is 9.14. The van der Waals surface area contributed by atoms with Crippen molar-refractivity contribution in [2.24, 2.45) is 5.92 Å². The van der Waals surface area contributed by atoms with Gasteiger partial charge in [-0.3, -0.25) is 4.79 Å². The van der Waals surface area contributed by atoms with Crippen molar-refractivity contribution in [3.63, 3.8) is 0 Å². The molecule has 2 aliphatic carbocycles. The van der Waals surface area contributed by atoms with Crippen LogP contribution in [0.15, 0.2) is 18.2 Å². The third-order valence-corrected chi connectivity index (χ3v) is 5.07. The molecular formula is C16H19FO2. The molecule has 0 heterocycles. The molecule has 0 saturated heterocycles. The van der Waals surface area contributed by atoms with Gasteiger partial charge in [0.05, 0.1) is 0 Å². The Labute approximate surface area is 112 Å². The summed E-state index contributed by atoms with van der Waals surface area (Å²) in [5.74, 6) is -0.751. The first kappa shape index (κ1) is 12.6. The van der Waals surface area contributed by atoms with Gasteiger partial charge in [-0.05, 0) is 60.3 Å². The first-order valence-corrected chi connectivity index (χ1v) is 7.12. The highest BCUT2D eigenvalue weighted by Crippen LogP contribution is 2.53. The fourth-order valence-corrected chi connectivity index (χ4v) is 4.25. The quantitative estimate of drug-likeness (QED) is 0.882. The van der Waals surface area contributed by atoms with Gasteiger partial charge in [0.1, 0.15) is 5.82 Å². The number of halogens is 1. The van der Waals surface area contributed by atoms with Crippen LogP contribution in [0.4, 0.5) is 4.39 Å². The molecule has 0 amide bonds. The summed E-state index contributed by atoms with van der Waals surface area (Å²) < 4.78 is 13.6. The van der Waals surface area contributed by atoms with E-state index in [1.54, 1.807) is 6.07 Å². The van der Waals surface area contributed by atoms with E-state index in [0.29, 0.717) is 0 Å². The summed E-state index contributed by atoms with van der Waals surface area (Å²) >= 11 is 0. The van der Waals surface area contributed by atoms with E-state index in [-0.39, 0.29) is 23.6 Å². The molecule has 2 aliphatic rings. The van der Waals surface area contributed by atoms with E-state index in [2.05, 4.69) is 0 Å². The van der Waals surface area contributed by atoms with Crippen LogP contribution < -0.4 is 0 Å². The Morgan fingerprint density at radius 3 is 2.79 bits per heavy atom. The van der Waals surface area contributed by atoms with Crippen molar-refractivity contribution in [1.29, 1.82) is 0 Å². The van der Waals surface area contributed by atoms with E-state index < -0.39 is 5.97 Å². The summed E-state index contributed by atoms with van der Waals surface area (Å²) in [5.41, 5.74) is 2.25. The summed E-state index contributed by atoms with van der Waals surface area (Å²) in [6.07, 6.45) is 6.32. The van der Waals surface area contributed by atoms with Crippen LogP contribution in [-0.4, -0.2) is 11.1 Å². The van der Waals surface area contributed by atoms with E-state index in [1.807, 2.05) is 6.07 Å². The predicted molar refractivity (Wildman–Crippen MR) is 70.6 cm³/mol. The standard InChI is InChI=1S/C16H19FO2/c17-13-6-4-11-3-5-12(9-15(18)19)16(14(11)10-13)7-1-2-8-16/h4,6,10,12H,1-3,5,7-9H2,(H,18,19). The Kier molecular flexibility index (Phi) is 3.08. The van der Waals surface area contributed by atoms with Gasteiger partial charge >= 0.3 is 5.97 Å². The second kappa shape index (κ2) is 4.62. The normalized spacial score (nSPS) is 24.4. The van der Waals surface area contributed by atoms with E-state index in [4.69, 9.17) is 5.11 Å². The second-order valence-corrected chi connectivity index (χ2v) is 6.00. The van der Waals surface area contributed by atoms with Gasteiger partial charge in [0.25, 0.3) is 0 Å². The molecule has 1 aromatic carbocycles. The lowest BCUT2D eigenvalue weighted by Crippen LogP contribution is -2.38. The Hall–Kier alpha value is -1.38. The SMILES string of the molecule is O=C(O)CC1CCc2ccc(F)cc2C12CCCC2. The van der Waals surface area contributed by atoms with E-state index in [1.165, 1.54) is 11.6 Å². The molecule has 3 heteroatoms. The maximum atomic E-state index is 13.6. The van der Waals surface area contributed by atoms with Gasteiger partial charge in [-0.2, -0.15) is 0 Å². The molecule has 1 fully saturated rings. The Balaban J connectivity index is 2.06. The lowest BCUT2D eigenvalue weighted by Gasteiger charge is -2.43. The predicted octanol–water partition coefficient (Wildman–Crippen LogP) is 3.67. The minimum absolute atomic E-state index is 0.0753. The van der Waals surface area contributed by atoms with Crippen molar-refractivity contribution < 1.29 is 14.3 Å². The number of fused-ring (bicyclic) bond motifs is 2. The molecule has 1 spiro atoms. The second-order valence-electron chi connectivity index (χ2n) is 6.00. The monoisotopic (exact) mass is 262 g/mol. The molecule has 1 unspecified atom stereocenters. The number of carbonyl (C=O) groups is 1. The molecule has 0 aliphatic heterocycles. The van der Waals surface area contributed by atoms with Crippen LogP contribution in [0.1, 0.15) is 49.7 Å². The maximum Gasteiger partial charge on any atom is 0.303 e. The Bertz CT molecular complexity index is 503. The van der Waals surface area contributed by atoms with Crippen molar-refractivity contribution in [3.05, 3.63) is 35.1 Å². The Morgan fingerprint density at radius 1 is 1.37 bits per heavy atom. The number of rotatable bonds is 2. The zero-order valence-corrected chi connectivity index (χ0v) is 11.0. The third kappa shape index (κ3) is 2.05. The highest BCUT2D eigenvalue weighted by atomic mass is 19.1. The van der Waals surface area contributed by atoms with Crippen LogP contribution in [0.3, 0.4) is 0 Å². The fraction of sp³-hybridized carbons (Fsp3) is 0.562. The van der Waals surface area contributed by atoms with Gasteiger partial charge in [-0.25, -0.2) is 4.39 Å². The number of aryl methyl sites for hydroxylation is 1. The minimum atomic E-state index is -0.726. The highest BCUT2D eigenvalue weighted by Gasteiger charge is 2.46. The van der Waals surface area contributed by atoms with Crippen LogP contribution in [0.2, 0.25) is 0 Å². The van der Waals surface area contributed by atoms with E-state index in [0.717, 1.165) is 44.1 Å². The molecule has 0 radical (unpaired) electrons. The molecule has 3 rings (SSSR count). The van der Waals surface area contributed by atoms with E-state index in [9.17, 15) is 9.18 Å². The third-order valence-electron chi connectivity index (χ3n) is 5.07. The van der Waals surface area contributed by atoms with Gasteiger partial charge in [0, 0.05) is 6.42 Å². The van der Waals surface area contributed by atoms with Crippen LogP contribution in [-0.2, 0) is 16.6 Å². The van der Waals surface area contributed by atoms with Gasteiger partial charge in [0.15, 0.2) is 0 Å². The fourth-order valence-electron chi connectivity index (χ4n) is 4.25. The van der Waals surface area contributed by atoms with E-state index >= 15 is 0 Å². The molecule has 19 heavy (non-hydrogen) atoms. The summed E-state index contributed by atoms with van der Waals surface area (Å²) in [4.78, 5) is 11.1. The van der Waals surface area contributed by atoms with Gasteiger partial charge in [-0.1, -0.05) is 18.9 Å². The lowest BCUT2D eigenvalue weighted by molar-refractivity contribution is -0.138. The number of hydrogen-bond acceptors (Lipinski definition) is 1. The van der Waals surface area contributed by atoms with Crippen LogP contribution >= 0.6 is 0 Å². The minimum Gasteiger partial charge on any atom is -0.481 e. The van der Waals surface area contributed by atoms with Gasteiger partial charge < -0.3 is 5.11 Å². The average molecular weight is 262 g/mol. The first-order chi connectivity index (χ1) is 9.12. The largest absolute Gasteiger partial charge is 0.481 e. The zero-order chi connectivity index (χ0) is 13.5. The molecule has 102 valence electrons. The van der Waals surface area contributed by atoms with Crippen molar-refractivity contribution in [2.75, 3.05) is 0 Å². The first-order valence-electron chi connectivity index (χ1n) is 7.12. The van der Waals surface area contributed by atoms with Gasteiger partial charge in [-0.15, -0.1) is 0 Å². The summed E-state index contributed by atoms with van der Waals surface area (Å²) in [6.45, 7) is 0. The van der Waals surface area contributed by atoms with Crippen LogP contribution in [0, 0.1) is 11.7 Å². The highest BCUT2D eigenvalue weighted by molar-refractivity contribution is 5.67. The number of hydrogen-bond donors (Lipinski definition) is 1. The van der Waals surface area contributed by atoms with Crippen LogP contribution in [0.25, 0.3) is 0 Å². The summed E-state index contributed by atoms with van der Waals surface area (Å²) in [6, 6.07) is 5.08. The molecule has 0 bridgehead atoms. The molecule has 0 aromatic heterocycles. The molecule has 1 saturated carbocycles. The summed E-state index contributed by atoms with van der Waals surface area (Å²) in [7, 11) is 0. The van der Waals surface area contributed by atoms with Crippen molar-refractivity contribution in [2.45, 2.75) is 50.4 Å². The molecule has 2 nitrogen and oxygen atoms in total. The molecule has 1 N–H and O–H groups in total.